The van der Waals surface area contributed by atoms with Gasteiger partial charge in [-0.25, -0.2) is 19.2 Å². The number of sulfonamides is 1. The highest BCUT2D eigenvalue weighted by molar-refractivity contribution is 7.89. The molecule has 23 heavy (non-hydrogen) atoms. The van der Waals surface area contributed by atoms with Gasteiger partial charge in [0.2, 0.25) is 10.0 Å². The Morgan fingerprint density at radius 1 is 1.26 bits per heavy atom. The number of carbonyl (C=O) groups excluding carboxylic acids is 1. The van der Waals surface area contributed by atoms with Crippen molar-refractivity contribution in [3.05, 3.63) is 42.5 Å². The summed E-state index contributed by atoms with van der Waals surface area (Å²) in [6.45, 7) is 4.43. The van der Waals surface area contributed by atoms with Gasteiger partial charge in [-0.15, -0.1) is 0 Å². The van der Waals surface area contributed by atoms with E-state index in [2.05, 4.69) is 4.98 Å². The van der Waals surface area contributed by atoms with E-state index >= 15 is 0 Å². The summed E-state index contributed by atoms with van der Waals surface area (Å²) in [6.07, 6.45) is 2.97. The van der Waals surface area contributed by atoms with E-state index in [9.17, 15) is 13.2 Å². The number of carbonyl (C=O) groups is 1. The highest BCUT2D eigenvalue weighted by Crippen LogP contribution is 2.18. The summed E-state index contributed by atoms with van der Waals surface area (Å²) in [6, 6.07) is 6.38. The molecule has 0 aliphatic rings. The van der Waals surface area contributed by atoms with Gasteiger partial charge in [0.25, 0.3) is 5.91 Å². The molecule has 0 spiro atoms. The highest BCUT2D eigenvalue weighted by Gasteiger charge is 2.21. The van der Waals surface area contributed by atoms with Gasteiger partial charge in [-0.3, -0.25) is 10.2 Å². The largest absolute Gasteiger partial charge is 0.305 e. The summed E-state index contributed by atoms with van der Waals surface area (Å²) < 4.78 is 27.8. The number of hydrogen-bond donors (Lipinski definition) is 2. The van der Waals surface area contributed by atoms with Gasteiger partial charge in [0.1, 0.15) is 12.0 Å². The normalized spacial score (nSPS) is 11.7. The van der Waals surface area contributed by atoms with Gasteiger partial charge in [-0.1, -0.05) is 13.8 Å². The molecule has 0 atom stereocenters. The van der Waals surface area contributed by atoms with Crippen LogP contribution in [0.1, 0.15) is 24.3 Å². The Hall–Kier alpha value is -2.23. The number of nitrogens with two attached hydrogens (primary N) is 1. The molecule has 124 valence electrons. The van der Waals surface area contributed by atoms with E-state index in [1.807, 2.05) is 5.43 Å². The first-order valence-electron chi connectivity index (χ1n) is 7.09. The molecule has 0 saturated carbocycles. The molecule has 1 heterocycles. The Bertz CT molecular complexity index is 779. The van der Waals surface area contributed by atoms with Crippen LogP contribution in [0.5, 0.6) is 0 Å². The fourth-order valence-corrected chi connectivity index (χ4v) is 3.62. The van der Waals surface area contributed by atoms with Crippen LogP contribution in [-0.2, 0) is 10.0 Å². The molecule has 9 heteroatoms. The molecule has 0 unspecified atom stereocenters. The third-order valence-corrected chi connectivity index (χ3v) is 5.49. The number of hydrogen-bond acceptors (Lipinski definition) is 5. The van der Waals surface area contributed by atoms with Gasteiger partial charge in [0.15, 0.2) is 0 Å². The molecule has 2 rings (SSSR count). The van der Waals surface area contributed by atoms with Gasteiger partial charge in [-0.05, 0) is 24.3 Å². The van der Waals surface area contributed by atoms with Crippen molar-refractivity contribution in [2.75, 3.05) is 13.1 Å². The van der Waals surface area contributed by atoms with Gasteiger partial charge in [-0.2, -0.15) is 4.31 Å². The average Bonchev–Trinajstić information content (AvgIpc) is 3.05. The molecule has 1 amide bonds. The van der Waals surface area contributed by atoms with Gasteiger partial charge in [0, 0.05) is 25.0 Å². The molecule has 0 aliphatic heterocycles. The van der Waals surface area contributed by atoms with E-state index in [0.29, 0.717) is 18.8 Å². The monoisotopic (exact) mass is 337 g/mol. The quantitative estimate of drug-likeness (QED) is 0.453. The fourth-order valence-electron chi connectivity index (χ4n) is 2.16. The Labute approximate surface area is 134 Å². The van der Waals surface area contributed by atoms with Crippen LogP contribution in [0.4, 0.5) is 0 Å². The number of hydrazine groups is 1. The maximum atomic E-state index is 12.4. The van der Waals surface area contributed by atoms with Gasteiger partial charge in [0.05, 0.1) is 4.90 Å². The van der Waals surface area contributed by atoms with E-state index in [-0.39, 0.29) is 10.6 Å². The maximum Gasteiger partial charge on any atom is 0.285 e. The second-order valence-corrected chi connectivity index (χ2v) is 6.66. The molecule has 0 saturated heterocycles. The van der Waals surface area contributed by atoms with Crippen LogP contribution in [0, 0.1) is 0 Å². The lowest BCUT2D eigenvalue weighted by Crippen LogP contribution is -2.30. The smallest absolute Gasteiger partial charge is 0.285 e. The number of nitrogen functional groups attached to an aromatic ring is 1. The second kappa shape index (κ2) is 6.90. The topological polar surface area (TPSA) is 110 Å². The Morgan fingerprint density at radius 2 is 1.87 bits per heavy atom. The summed E-state index contributed by atoms with van der Waals surface area (Å²) >= 11 is 0. The first kappa shape index (κ1) is 17.1. The van der Waals surface area contributed by atoms with Gasteiger partial charge < -0.3 is 4.57 Å². The van der Waals surface area contributed by atoms with Crippen molar-refractivity contribution < 1.29 is 13.2 Å². The highest BCUT2D eigenvalue weighted by atomic mass is 32.2. The number of amides is 1. The van der Waals surface area contributed by atoms with Crippen LogP contribution in [0.15, 0.2) is 41.7 Å². The van der Waals surface area contributed by atoms with Crippen LogP contribution >= 0.6 is 0 Å². The summed E-state index contributed by atoms with van der Waals surface area (Å²) in [7, 11) is -3.48. The van der Waals surface area contributed by atoms with E-state index in [0.717, 1.165) is 0 Å². The predicted octanol–water partition coefficient (Wildman–Crippen LogP) is 0.506. The minimum Gasteiger partial charge on any atom is -0.305 e. The number of benzene rings is 1. The SMILES string of the molecule is CCN(CC)S(=O)(=O)c1ccc(-n2cnc(C(=O)NN)c2)cc1. The van der Waals surface area contributed by atoms with Crippen molar-refractivity contribution in [1.82, 2.24) is 19.3 Å². The van der Waals surface area contributed by atoms with Crippen LogP contribution in [0.3, 0.4) is 0 Å². The van der Waals surface area contributed by atoms with Crippen LogP contribution in [-0.4, -0.2) is 41.3 Å². The summed E-state index contributed by atoms with van der Waals surface area (Å²) in [5.41, 5.74) is 2.86. The molecule has 2 aromatic rings. The molecule has 1 aromatic heterocycles. The summed E-state index contributed by atoms with van der Waals surface area (Å²) in [5, 5.41) is 0. The number of rotatable bonds is 6. The first-order valence-corrected chi connectivity index (χ1v) is 8.53. The van der Waals surface area contributed by atoms with Crippen molar-refractivity contribution >= 4 is 15.9 Å². The van der Waals surface area contributed by atoms with Crippen LogP contribution in [0.25, 0.3) is 5.69 Å². The Balaban J connectivity index is 2.29. The molecule has 0 fully saturated rings. The van der Waals surface area contributed by atoms with E-state index < -0.39 is 15.9 Å². The zero-order valence-corrected chi connectivity index (χ0v) is 13.7. The van der Waals surface area contributed by atoms with E-state index in [4.69, 9.17) is 5.84 Å². The minimum absolute atomic E-state index is 0.173. The number of aromatic nitrogens is 2. The molecule has 1 aromatic carbocycles. The molecular formula is C14H19N5O3S. The van der Waals surface area contributed by atoms with E-state index in [1.54, 1.807) is 30.5 Å². The van der Waals surface area contributed by atoms with E-state index in [1.165, 1.54) is 29.0 Å². The molecular weight excluding hydrogens is 318 g/mol. The maximum absolute atomic E-state index is 12.4. The number of nitrogens with zero attached hydrogens (tertiary/aromatic N) is 3. The van der Waals surface area contributed by atoms with Crippen LogP contribution in [0.2, 0.25) is 0 Å². The van der Waals surface area contributed by atoms with Crippen molar-refractivity contribution in [3.63, 3.8) is 0 Å². The third kappa shape index (κ3) is 3.41. The minimum atomic E-state index is -3.48. The van der Waals surface area contributed by atoms with Crippen molar-refractivity contribution in [2.45, 2.75) is 18.7 Å². The molecule has 0 aliphatic carbocycles. The Morgan fingerprint density at radius 3 is 2.39 bits per heavy atom. The number of imidazole rings is 1. The molecule has 8 nitrogen and oxygen atoms in total. The second-order valence-electron chi connectivity index (χ2n) is 4.72. The first-order chi connectivity index (χ1) is 10.9. The zero-order valence-electron chi connectivity index (χ0n) is 12.9. The van der Waals surface area contributed by atoms with Crippen molar-refractivity contribution in [3.8, 4) is 5.69 Å². The summed E-state index contributed by atoms with van der Waals surface area (Å²) in [4.78, 5) is 15.5. The Kier molecular flexibility index (Phi) is 5.14. The third-order valence-electron chi connectivity index (χ3n) is 3.42. The molecule has 0 bridgehead atoms. The summed E-state index contributed by atoms with van der Waals surface area (Å²) in [5.74, 6) is 4.56. The lowest BCUT2D eigenvalue weighted by atomic mass is 10.3. The fraction of sp³-hybridized carbons (Fsp3) is 0.286. The number of nitrogens with one attached hydrogen (secondary N) is 1. The van der Waals surface area contributed by atoms with Crippen molar-refractivity contribution in [2.24, 2.45) is 5.84 Å². The predicted molar refractivity (Wildman–Crippen MR) is 85.3 cm³/mol. The van der Waals surface area contributed by atoms with Crippen molar-refractivity contribution in [1.29, 1.82) is 0 Å². The zero-order chi connectivity index (χ0) is 17.0. The molecule has 3 N–H and O–H groups in total. The molecule has 0 radical (unpaired) electrons. The lowest BCUT2D eigenvalue weighted by molar-refractivity contribution is 0.0949. The average molecular weight is 337 g/mol. The standard InChI is InChI=1S/C14H19N5O3S/c1-3-19(4-2)23(21,22)12-7-5-11(6-8-12)18-9-13(16-10-18)14(20)17-15/h5-10H,3-4,15H2,1-2H3,(H,17,20). The lowest BCUT2D eigenvalue weighted by Gasteiger charge is -2.18. The van der Waals surface area contributed by atoms with Gasteiger partial charge >= 0.3 is 0 Å². The van der Waals surface area contributed by atoms with Crippen LogP contribution < -0.4 is 11.3 Å².